The Morgan fingerprint density at radius 1 is 0.853 bits per heavy atom. The number of ether oxygens (including phenoxy) is 3. The molecule has 0 atom stereocenters. The van der Waals surface area contributed by atoms with E-state index in [-0.39, 0.29) is 23.2 Å². The number of phenols is 2. The van der Waals surface area contributed by atoms with Crippen molar-refractivity contribution >= 4 is 28.5 Å². The molecular formula is C22H24N4O8. The van der Waals surface area contributed by atoms with Gasteiger partial charge in [0.1, 0.15) is 28.5 Å². The van der Waals surface area contributed by atoms with Crippen molar-refractivity contribution in [3.8, 4) is 28.7 Å². The molecule has 6 N–H and O–H groups in total. The van der Waals surface area contributed by atoms with Crippen LogP contribution in [0.2, 0.25) is 0 Å². The largest absolute Gasteiger partial charge is 0.506 e. The minimum atomic E-state index is -0.658. The van der Waals surface area contributed by atoms with Crippen LogP contribution in [0.5, 0.6) is 28.7 Å². The fourth-order valence-electron chi connectivity index (χ4n) is 2.48. The predicted octanol–water partition coefficient (Wildman–Crippen LogP) is 3.71. The van der Waals surface area contributed by atoms with Gasteiger partial charge in [-0.15, -0.1) is 0 Å². The molecule has 180 valence electrons. The molecule has 0 aliphatic heterocycles. The van der Waals surface area contributed by atoms with Gasteiger partial charge in [0, 0.05) is 24.3 Å². The van der Waals surface area contributed by atoms with Crippen LogP contribution in [0.3, 0.4) is 0 Å². The Kier molecular flexibility index (Phi) is 8.71. The van der Waals surface area contributed by atoms with E-state index in [1.165, 1.54) is 38.5 Å². The minimum Gasteiger partial charge on any atom is -0.506 e. The van der Waals surface area contributed by atoms with Crippen molar-refractivity contribution in [2.45, 2.75) is 0 Å². The summed E-state index contributed by atoms with van der Waals surface area (Å²) in [6.07, 6.45) is 0. The molecule has 4 aromatic rings. The number of nitro groups is 1. The van der Waals surface area contributed by atoms with Gasteiger partial charge >= 0.3 is 5.69 Å². The van der Waals surface area contributed by atoms with E-state index in [0.717, 1.165) is 11.3 Å². The zero-order chi connectivity index (χ0) is 25.3. The molecule has 0 fully saturated rings. The molecule has 0 aliphatic rings. The summed E-state index contributed by atoms with van der Waals surface area (Å²) in [7, 11) is 4.55. The van der Waals surface area contributed by atoms with Gasteiger partial charge in [-0.05, 0) is 30.3 Å². The Balaban J connectivity index is 0.000000181. The van der Waals surface area contributed by atoms with Gasteiger partial charge in [0.15, 0.2) is 11.3 Å². The van der Waals surface area contributed by atoms with Gasteiger partial charge in [0.2, 0.25) is 0 Å². The summed E-state index contributed by atoms with van der Waals surface area (Å²) in [4.78, 5) is 13.5. The van der Waals surface area contributed by atoms with Gasteiger partial charge < -0.3 is 40.3 Å². The van der Waals surface area contributed by atoms with Crippen LogP contribution >= 0.6 is 0 Å². The number of nitro benzene ring substituents is 1. The molecule has 0 amide bonds. The van der Waals surface area contributed by atoms with Gasteiger partial charge in [-0.1, -0.05) is 0 Å². The standard InChI is InChI=1S/C8H8N2O2.C7H7NO4.C7H9NO2/c1-11-5-2-3-6-7(4-5)12-8(9)10-6;1-12-5-2-3-6(8(10)11)7(9)4-5;1-10-5-2-3-6(8)7(9)4-5/h2-4H,1H3,(H2,9,10);2-4,9H,1H3;2-4,9H,8H2,1H3. The van der Waals surface area contributed by atoms with Crippen LogP contribution in [-0.2, 0) is 0 Å². The summed E-state index contributed by atoms with van der Waals surface area (Å²) in [5.41, 5.74) is 12.1. The molecular weight excluding hydrogens is 448 g/mol. The van der Waals surface area contributed by atoms with Gasteiger partial charge in [0.25, 0.3) is 6.01 Å². The Hall–Kier alpha value is -4.87. The minimum absolute atomic E-state index is 0.0550. The summed E-state index contributed by atoms with van der Waals surface area (Å²) in [5.74, 6) is 1.39. The third kappa shape index (κ3) is 6.82. The monoisotopic (exact) mass is 472 g/mol. The number of rotatable bonds is 4. The average molecular weight is 472 g/mol. The maximum absolute atomic E-state index is 10.2. The summed E-state index contributed by atoms with van der Waals surface area (Å²) in [6.45, 7) is 0. The molecule has 0 unspecified atom stereocenters. The highest BCUT2D eigenvalue weighted by atomic mass is 16.6. The number of nitrogen functional groups attached to an aromatic ring is 2. The number of nitrogens with zero attached hydrogens (tertiary/aromatic N) is 2. The van der Waals surface area contributed by atoms with Gasteiger partial charge in [-0.2, -0.15) is 4.98 Å². The molecule has 0 bridgehead atoms. The second-order valence-electron chi connectivity index (χ2n) is 6.42. The molecule has 12 heteroatoms. The molecule has 3 aromatic carbocycles. The second kappa shape index (κ2) is 11.7. The van der Waals surface area contributed by atoms with E-state index < -0.39 is 4.92 Å². The third-order valence-corrected chi connectivity index (χ3v) is 4.23. The van der Waals surface area contributed by atoms with Crippen LogP contribution in [0, 0.1) is 10.1 Å². The molecule has 0 spiro atoms. The molecule has 4 rings (SSSR count). The normalized spacial score (nSPS) is 9.74. The molecule has 12 nitrogen and oxygen atoms in total. The van der Waals surface area contributed by atoms with Crippen molar-refractivity contribution < 1.29 is 33.8 Å². The quantitative estimate of drug-likeness (QED) is 0.147. The van der Waals surface area contributed by atoms with Crippen molar-refractivity contribution in [1.82, 2.24) is 4.98 Å². The smallest absolute Gasteiger partial charge is 0.310 e. The lowest BCUT2D eigenvalue weighted by molar-refractivity contribution is -0.385. The summed E-state index contributed by atoms with van der Waals surface area (Å²) in [5, 5.41) is 28.3. The van der Waals surface area contributed by atoms with Crippen molar-refractivity contribution in [2.24, 2.45) is 0 Å². The molecule has 1 aromatic heterocycles. The lowest BCUT2D eigenvalue weighted by Gasteiger charge is -2.01. The van der Waals surface area contributed by atoms with Crippen molar-refractivity contribution in [3.63, 3.8) is 0 Å². The number of anilines is 2. The van der Waals surface area contributed by atoms with Gasteiger partial charge in [0.05, 0.1) is 31.9 Å². The molecule has 0 saturated heterocycles. The molecule has 34 heavy (non-hydrogen) atoms. The van der Waals surface area contributed by atoms with Crippen LogP contribution in [0.15, 0.2) is 59.0 Å². The Morgan fingerprint density at radius 2 is 1.38 bits per heavy atom. The number of methoxy groups -OCH3 is 3. The van der Waals surface area contributed by atoms with Crippen molar-refractivity contribution in [2.75, 3.05) is 32.8 Å². The number of fused-ring (bicyclic) bond motifs is 1. The predicted molar refractivity (Wildman–Crippen MR) is 125 cm³/mol. The first-order valence-electron chi connectivity index (χ1n) is 9.52. The molecule has 0 radical (unpaired) electrons. The lowest BCUT2D eigenvalue weighted by Crippen LogP contribution is -1.89. The Labute approximate surface area is 194 Å². The zero-order valence-electron chi connectivity index (χ0n) is 18.6. The number of aromatic hydroxyl groups is 2. The Morgan fingerprint density at radius 3 is 1.91 bits per heavy atom. The molecule has 1 heterocycles. The first-order chi connectivity index (χ1) is 16.2. The molecule has 0 saturated carbocycles. The SMILES string of the molecule is COc1ccc(N)c(O)c1.COc1ccc([N+](=O)[O-])c(O)c1.COc1ccc2nc(N)oc2c1. The van der Waals surface area contributed by atoms with E-state index in [4.69, 9.17) is 40.3 Å². The summed E-state index contributed by atoms with van der Waals surface area (Å²) < 4.78 is 19.7. The van der Waals surface area contributed by atoms with Crippen LogP contribution in [-0.4, -0.2) is 41.4 Å². The van der Waals surface area contributed by atoms with E-state index in [0.29, 0.717) is 22.8 Å². The van der Waals surface area contributed by atoms with E-state index in [2.05, 4.69) is 4.98 Å². The highest BCUT2D eigenvalue weighted by molar-refractivity contribution is 5.75. The van der Waals surface area contributed by atoms with Crippen LogP contribution in [0.1, 0.15) is 0 Å². The van der Waals surface area contributed by atoms with Crippen molar-refractivity contribution in [3.05, 3.63) is 64.7 Å². The van der Waals surface area contributed by atoms with Crippen LogP contribution in [0.25, 0.3) is 11.1 Å². The highest BCUT2D eigenvalue weighted by Gasteiger charge is 2.12. The summed E-state index contributed by atoms with van der Waals surface area (Å²) in [6, 6.07) is 14.1. The summed E-state index contributed by atoms with van der Waals surface area (Å²) >= 11 is 0. The maximum atomic E-state index is 10.2. The number of nitrogens with two attached hydrogens (primary N) is 2. The topological polar surface area (TPSA) is 189 Å². The fourth-order valence-corrected chi connectivity index (χ4v) is 2.48. The van der Waals surface area contributed by atoms with E-state index >= 15 is 0 Å². The average Bonchev–Trinajstić information content (AvgIpc) is 3.20. The number of hydrogen-bond acceptors (Lipinski definition) is 11. The second-order valence-corrected chi connectivity index (χ2v) is 6.42. The number of hydrogen-bond donors (Lipinski definition) is 4. The number of aromatic nitrogens is 1. The number of oxazole rings is 1. The van der Waals surface area contributed by atoms with E-state index in [1.807, 2.05) is 6.07 Å². The number of phenolic OH excluding ortho intramolecular Hbond substituents is 2. The van der Waals surface area contributed by atoms with Crippen LogP contribution < -0.4 is 25.7 Å². The zero-order valence-corrected chi connectivity index (χ0v) is 18.6. The first kappa shape index (κ1) is 25.4. The fraction of sp³-hybridized carbons (Fsp3) is 0.136. The highest BCUT2D eigenvalue weighted by Crippen LogP contribution is 2.29. The van der Waals surface area contributed by atoms with Crippen LogP contribution in [0.4, 0.5) is 17.4 Å². The maximum Gasteiger partial charge on any atom is 0.310 e. The first-order valence-corrected chi connectivity index (χ1v) is 9.52. The third-order valence-electron chi connectivity index (χ3n) is 4.23. The van der Waals surface area contributed by atoms with E-state index in [1.54, 1.807) is 31.4 Å². The Bertz CT molecular complexity index is 1260. The van der Waals surface area contributed by atoms with Gasteiger partial charge in [-0.3, -0.25) is 10.1 Å². The molecule has 0 aliphatic carbocycles. The lowest BCUT2D eigenvalue weighted by atomic mass is 10.3. The van der Waals surface area contributed by atoms with Gasteiger partial charge in [-0.25, -0.2) is 0 Å². The van der Waals surface area contributed by atoms with E-state index in [9.17, 15) is 10.1 Å². The number of benzene rings is 3. The van der Waals surface area contributed by atoms with Crippen molar-refractivity contribution in [1.29, 1.82) is 0 Å².